The molecule has 1 aromatic heterocycles. The topological polar surface area (TPSA) is 89.3 Å². The summed E-state index contributed by atoms with van der Waals surface area (Å²) in [6, 6.07) is 29.1. The quantitative estimate of drug-likeness (QED) is 0.253. The predicted molar refractivity (Wildman–Crippen MR) is 161 cm³/mol. The number of hydrogen-bond acceptors (Lipinski definition) is 6. The van der Waals surface area contributed by atoms with Gasteiger partial charge in [-0.1, -0.05) is 78.5 Å². The fourth-order valence-electron chi connectivity index (χ4n) is 5.24. The highest BCUT2D eigenvalue weighted by Crippen LogP contribution is 2.31. The smallest absolute Gasteiger partial charge is 0.252 e. The van der Waals surface area contributed by atoms with E-state index < -0.39 is 0 Å². The van der Waals surface area contributed by atoms with Crippen molar-refractivity contribution >= 4 is 40.0 Å². The average Bonchev–Trinajstić information content (AvgIpc) is 3.44. The molecule has 206 valence electrons. The Bertz CT molecular complexity index is 1730. The van der Waals surface area contributed by atoms with Crippen molar-refractivity contribution in [1.82, 2.24) is 20.1 Å². The third-order valence-corrected chi connectivity index (χ3v) is 8.12. The third kappa shape index (κ3) is 5.40. The minimum absolute atomic E-state index is 0.0162. The van der Waals surface area contributed by atoms with E-state index in [1.165, 1.54) is 17.3 Å². The number of ether oxygens (including phenoxy) is 1. The average molecular weight is 564 g/mol. The van der Waals surface area contributed by atoms with Crippen LogP contribution in [0.2, 0.25) is 0 Å². The van der Waals surface area contributed by atoms with Crippen LogP contribution in [0.4, 0.5) is 5.69 Å². The van der Waals surface area contributed by atoms with E-state index in [4.69, 9.17) is 4.74 Å². The number of carbonyl (C=O) groups is 2. The first-order chi connectivity index (χ1) is 20.1. The Morgan fingerprint density at radius 3 is 2.54 bits per heavy atom. The van der Waals surface area contributed by atoms with E-state index in [1.807, 2.05) is 94.4 Å². The molecular formula is C32H29N5O3S. The minimum Gasteiger partial charge on any atom is -0.495 e. The van der Waals surface area contributed by atoms with Gasteiger partial charge in [0.1, 0.15) is 5.75 Å². The fraction of sp³-hybridized carbons (Fsp3) is 0.188. The molecule has 0 atom stereocenters. The molecule has 1 aliphatic rings. The van der Waals surface area contributed by atoms with Gasteiger partial charge < -0.3 is 15.0 Å². The van der Waals surface area contributed by atoms with E-state index in [0.717, 1.165) is 35.0 Å². The lowest BCUT2D eigenvalue weighted by Crippen LogP contribution is -2.36. The number of benzene rings is 4. The Labute approximate surface area is 242 Å². The second-order valence-electron chi connectivity index (χ2n) is 9.68. The summed E-state index contributed by atoms with van der Waals surface area (Å²) in [5.74, 6) is 1.17. The number of anilines is 1. The van der Waals surface area contributed by atoms with Crippen LogP contribution in [0.3, 0.4) is 0 Å². The van der Waals surface area contributed by atoms with Gasteiger partial charge in [0.05, 0.1) is 25.1 Å². The van der Waals surface area contributed by atoms with Crippen LogP contribution in [0.25, 0.3) is 16.5 Å². The molecule has 0 saturated carbocycles. The zero-order valence-electron chi connectivity index (χ0n) is 22.6. The molecule has 1 N–H and O–H groups in total. The van der Waals surface area contributed by atoms with E-state index in [-0.39, 0.29) is 24.1 Å². The van der Waals surface area contributed by atoms with Crippen molar-refractivity contribution in [3.05, 3.63) is 108 Å². The summed E-state index contributed by atoms with van der Waals surface area (Å²) in [4.78, 5) is 28.5. The molecular weight excluding hydrogens is 534 g/mol. The van der Waals surface area contributed by atoms with Crippen molar-refractivity contribution in [3.8, 4) is 11.4 Å². The number of carbonyl (C=O) groups excluding carboxylic acids is 2. The van der Waals surface area contributed by atoms with Crippen molar-refractivity contribution in [2.45, 2.75) is 24.5 Å². The molecule has 4 aromatic carbocycles. The maximum absolute atomic E-state index is 13.4. The number of amides is 2. The number of thioether (sulfide) groups is 1. The van der Waals surface area contributed by atoms with Crippen LogP contribution < -0.4 is 15.0 Å². The van der Waals surface area contributed by atoms with Crippen LogP contribution >= 0.6 is 11.8 Å². The first-order valence-electron chi connectivity index (χ1n) is 13.5. The molecule has 2 amide bonds. The molecule has 8 nitrogen and oxygen atoms in total. The van der Waals surface area contributed by atoms with E-state index >= 15 is 0 Å². The normalized spacial score (nSPS) is 12.7. The first kappa shape index (κ1) is 26.6. The number of nitrogens with one attached hydrogen (secondary N) is 1. The molecule has 1 aliphatic heterocycles. The van der Waals surface area contributed by atoms with E-state index in [0.29, 0.717) is 28.8 Å². The number of nitrogens with zero attached hydrogens (tertiary/aromatic N) is 4. The third-order valence-electron chi connectivity index (χ3n) is 7.20. The van der Waals surface area contributed by atoms with Crippen molar-refractivity contribution in [2.24, 2.45) is 0 Å². The summed E-state index contributed by atoms with van der Waals surface area (Å²) in [6.07, 6.45) is 1.91. The van der Waals surface area contributed by atoms with Crippen LogP contribution in [-0.4, -0.2) is 46.0 Å². The van der Waals surface area contributed by atoms with E-state index in [1.54, 1.807) is 7.11 Å². The van der Waals surface area contributed by atoms with Gasteiger partial charge in [-0.05, 0) is 53.4 Å². The van der Waals surface area contributed by atoms with Gasteiger partial charge in [0.15, 0.2) is 11.0 Å². The lowest BCUT2D eigenvalue weighted by molar-refractivity contribution is -0.116. The Morgan fingerprint density at radius 2 is 1.66 bits per heavy atom. The largest absolute Gasteiger partial charge is 0.495 e. The highest BCUT2D eigenvalue weighted by molar-refractivity contribution is 7.99. The van der Waals surface area contributed by atoms with Crippen molar-refractivity contribution in [3.63, 3.8) is 0 Å². The molecule has 5 aromatic rings. The van der Waals surface area contributed by atoms with Crippen molar-refractivity contribution in [1.29, 1.82) is 0 Å². The number of para-hydroxylation sites is 3. The Kier molecular flexibility index (Phi) is 7.69. The molecule has 0 aliphatic carbocycles. The molecule has 6 rings (SSSR count). The molecule has 0 saturated heterocycles. The molecule has 0 bridgehead atoms. The molecule has 9 heteroatoms. The number of methoxy groups -OCH3 is 1. The minimum atomic E-state index is -0.204. The Hall–Kier alpha value is -4.63. The zero-order valence-corrected chi connectivity index (χ0v) is 23.4. The number of rotatable bonds is 8. The highest BCUT2D eigenvalue weighted by atomic mass is 32.2. The van der Waals surface area contributed by atoms with Gasteiger partial charge in [-0.25, -0.2) is 0 Å². The van der Waals surface area contributed by atoms with E-state index in [2.05, 4.69) is 21.6 Å². The lowest BCUT2D eigenvalue weighted by Gasteiger charge is -2.29. The van der Waals surface area contributed by atoms with Gasteiger partial charge in [0.25, 0.3) is 5.91 Å². The number of aryl methyl sites for hydroxylation is 1. The van der Waals surface area contributed by atoms with Gasteiger partial charge in [-0.3, -0.25) is 14.2 Å². The van der Waals surface area contributed by atoms with E-state index in [9.17, 15) is 9.59 Å². The fourth-order valence-corrected chi connectivity index (χ4v) is 6.08. The monoisotopic (exact) mass is 563 g/mol. The van der Waals surface area contributed by atoms with Crippen LogP contribution in [0.15, 0.2) is 96.2 Å². The van der Waals surface area contributed by atoms with Gasteiger partial charge in [-0.15, -0.1) is 10.2 Å². The van der Waals surface area contributed by atoms with Gasteiger partial charge in [-0.2, -0.15) is 0 Å². The molecule has 0 spiro atoms. The highest BCUT2D eigenvalue weighted by Gasteiger charge is 2.24. The Balaban J connectivity index is 1.26. The summed E-state index contributed by atoms with van der Waals surface area (Å²) in [6.45, 7) is 0.835. The summed E-state index contributed by atoms with van der Waals surface area (Å²) >= 11 is 1.32. The molecule has 0 unspecified atom stereocenters. The summed E-state index contributed by atoms with van der Waals surface area (Å²) in [5, 5.41) is 14.3. The molecule has 0 radical (unpaired) electrons. The first-order valence-corrected chi connectivity index (χ1v) is 14.5. The van der Waals surface area contributed by atoms with Crippen molar-refractivity contribution in [2.75, 3.05) is 24.3 Å². The number of hydrogen-bond donors (Lipinski definition) is 1. The van der Waals surface area contributed by atoms with Gasteiger partial charge in [0, 0.05) is 17.8 Å². The maximum atomic E-state index is 13.4. The lowest BCUT2D eigenvalue weighted by atomic mass is 10.0. The van der Waals surface area contributed by atoms with Crippen LogP contribution in [0, 0.1) is 0 Å². The van der Waals surface area contributed by atoms with Crippen molar-refractivity contribution < 1.29 is 14.3 Å². The van der Waals surface area contributed by atoms with Crippen LogP contribution in [0.1, 0.15) is 28.2 Å². The second kappa shape index (κ2) is 11.9. The molecule has 2 heterocycles. The predicted octanol–water partition coefficient (Wildman–Crippen LogP) is 5.43. The summed E-state index contributed by atoms with van der Waals surface area (Å²) < 4.78 is 7.49. The van der Waals surface area contributed by atoms with Crippen LogP contribution in [0.5, 0.6) is 5.75 Å². The van der Waals surface area contributed by atoms with Gasteiger partial charge in [0.2, 0.25) is 5.91 Å². The second-order valence-corrected chi connectivity index (χ2v) is 10.6. The standard InChI is InChI=1S/C32H29N5O3S/c1-40-28-18-7-6-17-27(28)37-29(20-33-31(39)25-15-8-12-22-10-2-4-14-24(22)25)34-35-32(37)41-21-30(38)36-19-9-13-23-11-3-5-16-26(23)36/h2-8,10-12,14-18H,9,13,19-21H2,1H3,(H,33,39). The number of aromatic nitrogens is 3. The van der Waals surface area contributed by atoms with Gasteiger partial charge >= 0.3 is 0 Å². The summed E-state index contributed by atoms with van der Waals surface area (Å²) in [5.41, 5.74) is 3.49. The van der Waals surface area contributed by atoms with Crippen LogP contribution in [-0.2, 0) is 17.8 Å². The Morgan fingerprint density at radius 1 is 0.902 bits per heavy atom. The number of fused-ring (bicyclic) bond motifs is 2. The molecule has 0 fully saturated rings. The summed E-state index contributed by atoms with van der Waals surface area (Å²) in [7, 11) is 1.61. The molecule has 41 heavy (non-hydrogen) atoms. The maximum Gasteiger partial charge on any atom is 0.252 e. The SMILES string of the molecule is COc1ccccc1-n1c(CNC(=O)c2cccc3ccccc23)nnc1SCC(=O)N1CCCc2ccccc21. The zero-order chi connectivity index (χ0) is 28.2.